The van der Waals surface area contributed by atoms with Gasteiger partial charge in [0.2, 0.25) is 15.9 Å². The Morgan fingerprint density at radius 3 is 2.14 bits per heavy atom. The van der Waals surface area contributed by atoms with E-state index < -0.39 is 22.0 Å². The number of carbonyl (C=O) groups excluding carboxylic acids is 2. The van der Waals surface area contributed by atoms with Crippen LogP contribution in [-0.2, 0) is 14.8 Å². The summed E-state index contributed by atoms with van der Waals surface area (Å²) in [4.78, 5) is 26.4. The number of benzene rings is 3. The van der Waals surface area contributed by atoms with E-state index in [1.807, 2.05) is 37.3 Å². The van der Waals surface area contributed by atoms with Crippen molar-refractivity contribution in [3.63, 3.8) is 0 Å². The van der Waals surface area contributed by atoms with Crippen LogP contribution < -0.4 is 14.9 Å². The number of rotatable bonds is 9. The third kappa shape index (κ3) is 6.61. The SMILES string of the molecule is CC[C@H](C(=O)Nc1ccccc1C(=O)N[C@H](C)c1ccccc1)N(c1ccc(Cl)cc1)S(C)(=O)=O. The van der Waals surface area contributed by atoms with Gasteiger partial charge in [-0.3, -0.25) is 13.9 Å². The molecular weight excluding hydrogens is 486 g/mol. The average Bonchev–Trinajstić information content (AvgIpc) is 2.83. The molecule has 0 unspecified atom stereocenters. The van der Waals surface area contributed by atoms with E-state index in [0.29, 0.717) is 16.4 Å². The van der Waals surface area contributed by atoms with Crippen molar-refractivity contribution in [1.82, 2.24) is 5.32 Å². The number of carbonyl (C=O) groups is 2. The molecular formula is C26H28ClN3O4S. The average molecular weight is 514 g/mol. The molecule has 3 rings (SSSR count). The smallest absolute Gasteiger partial charge is 0.253 e. The van der Waals surface area contributed by atoms with Gasteiger partial charge in [-0.15, -0.1) is 0 Å². The second-order valence-corrected chi connectivity index (χ2v) is 10.4. The topological polar surface area (TPSA) is 95.6 Å². The summed E-state index contributed by atoms with van der Waals surface area (Å²) < 4.78 is 26.4. The molecule has 0 aliphatic heterocycles. The van der Waals surface area contributed by atoms with Gasteiger partial charge in [0.1, 0.15) is 6.04 Å². The van der Waals surface area contributed by atoms with Crippen molar-refractivity contribution < 1.29 is 18.0 Å². The number of sulfonamides is 1. The molecule has 9 heteroatoms. The lowest BCUT2D eigenvalue weighted by atomic mass is 10.1. The largest absolute Gasteiger partial charge is 0.345 e. The van der Waals surface area contributed by atoms with Crippen LogP contribution in [0.15, 0.2) is 78.9 Å². The summed E-state index contributed by atoms with van der Waals surface area (Å²) in [6.45, 7) is 3.59. The Hall–Kier alpha value is -3.36. The molecule has 184 valence electrons. The van der Waals surface area contributed by atoms with Gasteiger partial charge in [0, 0.05) is 5.02 Å². The number of anilines is 2. The number of nitrogens with zero attached hydrogens (tertiary/aromatic N) is 1. The normalized spacial score (nSPS) is 12.9. The zero-order valence-corrected chi connectivity index (χ0v) is 21.3. The van der Waals surface area contributed by atoms with Crippen LogP contribution in [0.4, 0.5) is 11.4 Å². The van der Waals surface area contributed by atoms with E-state index in [1.165, 1.54) is 0 Å². The highest BCUT2D eigenvalue weighted by atomic mass is 35.5. The molecule has 35 heavy (non-hydrogen) atoms. The summed E-state index contributed by atoms with van der Waals surface area (Å²) in [6, 6.07) is 21.1. The van der Waals surface area contributed by atoms with Crippen molar-refractivity contribution >= 4 is 44.8 Å². The fourth-order valence-electron chi connectivity index (χ4n) is 3.75. The highest BCUT2D eigenvalue weighted by Crippen LogP contribution is 2.26. The van der Waals surface area contributed by atoms with Gasteiger partial charge in [-0.1, -0.05) is 61.0 Å². The summed E-state index contributed by atoms with van der Waals surface area (Å²) in [7, 11) is -3.80. The first-order valence-corrected chi connectivity index (χ1v) is 13.3. The molecule has 0 aliphatic rings. The number of amides is 2. The molecule has 2 atom stereocenters. The van der Waals surface area contributed by atoms with E-state index in [-0.39, 0.29) is 23.9 Å². The van der Waals surface area contributed by atoms with Gasteiger partial charge in [-0.2, -0.15) is 0 Å². The molecule has 0 saturated heterocycles. The van der Waals surface area contributed by atoms with Crippen LogP contribution in [0.25, 0.3) is 0 Å². The summed E-state index contributed by atoms with van der Waals surface area (Å²) in [6.07, 6.45) is 1.25. The number of para-hydroxylation sites is 1. The molecule has 2 amide bonds. The van der Waals surface area contributed by atoms with Crippen molar-refractivity contribution in [3.05, 3.63) is 95.0 Å². The van der Waals surface area contributed by atoms with Crippen LogP contribution in [-0.4, -0.2) is 32.5 Å². The number of hydrogen-bond acceptors (Lipinski definition) is 4. The van der Waals surface area contributed by atoms with Crippen LogP contribution in [0, 0.1) is 0 Å². The zero-order valence-electron chi connectivity index (χ0n) is 19.7. The summed E-state index contributed by atoms with van der Waals surface area (Å²) in [5.74, 6) is -0.910. The maximum atomic E-state index is 13.3. The Balaban J connectivity index is 1.85. The number of hydrogen-bond donors (Lipinski definition) is 2. The lowest BCUT2D eigenvalue weighted by molar-refractivity contribution is -0.117. The second kappa shape index (κ2) is 11.4. The molecule has 0 bridgehead atoms. The fraction of sp³-hybridized carbons (Fsp3) is 0.231. The second-order valence-electron chi connectivity index (χ2n) is 8.10. The van der Waals surface area contributed by atoms with Crippen molar-refractivity contribution in [2.24, 2.45) is 0 Å². The Morgan fingerprint density at radius 2 is 1.54 bits per heavy atom. The quantitative estimate of drug-likeness (QED) is 0.420. The van der Waals surface area contributed by atoms with Crippen LogP contribution in [0.2, 0.25) is 5.02 Å². The third-order valence-corrected chi connectivity index (χ3v) is 6.92. The van der Waals surface area contributed by atoms with Gasteiger partial charge < -0.3 is 10.6 Å². The minimum absolute atomic E-state index is 0.209. The molecule has 0 radical (unpaired) electrons. The molecule has 0 spiro atoms. The number of nitrogens with one attached hydrogen (secondary N) is 2. The van der Waals surface area contributed by atoms with Crippen LogP contribution in [0.3, 0.4) is 0 Å². The Bertz CT molecular complexity index is 1280. The van der Waals surface area contributed by atoms with Crippen molar-refractivity contribution in [2.75, 3.05) is 15.9 Å². The van der Waals surface area contributed by atoms with Gasteiger partial charge in [0.15, 0.2) is 0 Å². The molecule has 2 N–H and O–H groups in total. The Kier molecular flexibility index (Phi) is 8.53. The van der Waals surface area contributed by atoms with Gasteiger partial charge in [-0.25, -0.2) is 8.42 Å². The Morgan fingerprint density at radius 1 is 0.943 bits per heavy atom. The predicted octanol–water partition coefficient (Wildman–Crippen LogP) is 5.01. The molecule has 3 aromatic rings. The van der Waals surface area contributed by atoms with Crippen molar-refractivity contribution in [3.8, 4) is 0 Å². The standard InChI is InChI=1S/C26H28ClN3O4S/c1-4-24(30(35(3,33)34)21-16-14-20(27)15-17-21)26(32)29-23-13-9-8-12-22(23)25(31)28-18(2)19-10-6-5-7-11-19/h5-18,24H,4H2,1-3H3,(H,28,31)(H,29,32)/t18-,24-/m1/s1. The first kappa shape index (κ1) is 26.2. The molecule has 0 fully saturated rings. The maximum absolute atomic E-state index is 13.3. The van der Waals surface area contributed by atoms with E-state index in [0.717, 1.165) is 16.1 Å². The van der Waals surface area contributed by atoms with Gasteiger partial charge in [0.05, 0.1) is 29.2 Å². The van der Waals surface area contributed by atoms with Gasteiger partial charge in [0.25, 0.3) is 5.91 Å². The molecule has 0 heterocycles. The fourth-order valence-corrected chi connectivity index (χ4v) is 5.09. The van der Waals surface area contributed by atoms with E-state index >= 15 is 0 Å². The highest BCUT2D eigenvalue weighted by molar-refractivity contribution is 7.92. The first-order chi connectivity index (χ1) is 16.6. The minimum Gasteiger partial charge on any atom is -0.345 e. The Labute approximate surface area is 211 Å². The van der Waals surface area contributed by atoms with Crippen LogP contribution in [0.5, 0.6) is 0 Å². The summed E-state index contributed by atoms with van der Waals surface area (Å²) in [5.41, 5.74) is 1.83. The van der Waals surface area contributed by atoms with E-state index in [4.69, 9.17) is 11.6 Å². The lowest BCUT2D eigenvalue weighted by Crippen LogP contribution is -2.47. The lowest BCUT2D eigenvalue weighted by Gasteiger charge is -2.30. The molecule has 3 aromatic carbocycles. The van der Waals surface area contributed by atoms with Crippen LogP contribution in [0.1, 0.15) is 42.2 Å². The minimum atomic E-state index is -3.80. The predicted molar refractivity (Wildman–Crippen MR) is 140 cm³/mol. The van der Waals surface area contributed by atoms with Gasteiger partial charge in [-0.05, 0) is 55.3 Å². The zero-order chi connectivity index (χ0) is 25.6. The van der Waals surface area contributed by atoms with Crippen molar-refractivity contribution in [1.29, 1.82) is 0 Å². The van der Waals surface area contributed by atoms with Gasteiger partial charge >= 0.3 is 0 Å². The van der Waals surface area contributed by atoms with E-state index in [9.17, 15) is 18.0 Å². The third-order valence-electron chi connectivity index (χ3n) is 5.49. The highest BCUT2D eigenvalue weighted by Gasteiger charge is 2.32. The molecule has 7 nitrogen and oxygen atoms in total. The first-order valence-electron chi connectivity index (χ1n) is 11.1. The summed E-state index contributed by atoms with van der Waals surface area (Å²) in [5, 5.41) is 6.14. The molecule has 0 aliphatic carbocycles. The van der Waals surface area contributed by atoms with E-state index in [2.05, 4.69) is 10.6 Å². The molecule has 0 saturated carbocycles. The number of halogens is 1. The summed E-state index contributed by atoms with van der Waals surface area (Å²) >= 11 is 5.95. The van der Waals surface area contributed by atoms with Crippen molar-refractivity contribution in [2.45, 2.75) is 32.4 Å². The van der Waals surface area contributed by atoms with Crippen LogP contribution >= 0.6 is 11.6 Å². The van der Waals surface area contributed by atoms with E-state index in [1.54, 1.807) is 55.5 Å². The molecule has 0 aromatic heterocycles. The maximum Gasteiger partial charge on any atom is 0.253 e. The monoisotopic (exact) mass is 513 g/mol.